The van der Waals surface area contributed by atoms with Crippen molar-refractivity contribution < 1.29 is 12.8 Å². The molecule has 7 heteroatoms. The minimum absolute atomic E-state index is 0.132. The van der Waals surface area contributed by atoms with Gasteiger partial charge in [-0.15, -0.1) is 0 Å². The number of halogens is 3. The molecular weight excluding hydrogens is 413 g/mol. The van der Waals surface area contributed by atoms with E-state index in [4.69, 9.17) is 5.73 Å². The largest absolute Gasteiger partial charge is 0.399 e. The van der Waals surface area contributed by atoms with Crippen LogP contribution in [0.25, 0.3) is 0 Å². The van der Waals surface area contributed by atoms with E-state index in [1.165, 1.54) is 30.3 Å². The molecule has 3 nitrogen and oxygen atoms in total. The molecule has 0 radical (unpaired) electrons. The van der Waals surface area contributed by atoms with E-state index in [2.05, 4.69) is 31.9 Å². The van der Waals surface area contributed by atoms with Crippen LogP contribution in [0.4, 0.5) is 10.1 Å². The average molecular weight is 423 g/mol. The molecule has 2 aromatic carbocycles. The van der Waals surface area contributed by atoms with E-state index < -0.39 is 15.7 Å². The molecule has 0 aromatic heterocycles. The highest BCUT2D eigenvalue weighted by molar-refractivity contribution is 9.10. The summed E-state index contributed by atoms with van der Waals surface area (Å²) in [7, 11) is -3.58. The van der Waals surface area contributed by atoms with Gasteiger partial charge < -0.3 is 5.73 Å². The predicted molar refractivity (Wildman–Crippen MR) is 83.5 cm³/mol. The number of sulfone groups is 1. The molecule has 0 aliphatic heterocycles. The number of rotatable bonds is 3. The molecule has 0 unspecified atom stereocenters. The van der Waals surface area contributed by atoms with Crippen LogP contribution in [0.3, 0.4) is 0 Å². The Morgan fingerprint density at radius 2 is 1.80 bits per heavy atom. The predicted octanol–water partition coefficient (Wildman–Crippen LogP) is 3.91. The second kappa shape index (κ2) is 5.83. The molecule has 0 saturated carbocycles. The van der Waals surface area contributed by atoms with Gasteiger partial charge in [0.15, 0.2) is 9.84 Å². The van der Waals surface area contributed by atoms with Gasteiger partial charge in [-0.1, -0.05) is 15.9 Å². The number of nitrogen functional groups attached to an aromatic ring is 1. The van der Waals surface area contributed by atoms with E-state index >= 15 is 0 Å². The summed E-state index contributed by atoms with van der Waals surface area (Å²) in [6, 6.07) is 8.52. The summed E-state index contributed by atoms with van der Waals surface area (Å²) in [5, 5.41) is 0. The van der Waals surface area contributed by atoms with E-state index in [-0.39, 0.29) is 10.6 Å². The smallest absolute Gasteiger partial charge is 0.183 e. The highest BCUT2D eigenvalue weighted by atomic mass is 79.9. The van der Waals surface area contributed by atoms with E-state index in [0.717, 1.165) is 0 Å². The van der Waals surface area contributed by atoms with Crippen LogP contribution in [0, 0.1) is 5.82 Å². The van der Waals surface area contributed by atoms with Crippen LogP contribution in [-0.4, -0.2) is 8.42 Å². The minimum atomic E-state index is -3.58. The zero-order chi connectivity index (χ0) is 14.9. The Kier molecular flexibility index (Phi) is 4.51. The van der Waals surface area contributed by atoms with Crippen LogP contribution in [0.15, 0.2) is 50.2 Å². The highest BCUT2D eigenvalue weighted by Crippen LogP contribution is 2.28. The SMILES string of the molecule is Nc1ccc(S(=O)(=O)Cc2cc(F)cc(Br)c2)c(Br)c1. The van der Waals surface area contributed by atoms with Gasteiger partial charge in [0, 0.05) is 14.6 Å². The quantitative estimate of drug-likeness (QED) is 0.763. The molecule has 20 heavy (non-hydrogen) atoms. The van der Waals surface area contributed by atoms with Crippen molar-refractivity contribution in [2.24, 2.45) is 0 Å². The van der Waals surface area contributed by atoms with Crippen LogP contribution in [0.1, 0.15) is 5.56 Å². The molecule has 0 amide bonds. The maximum absolute atomic E-state index is 13.3. The third kappa shape index (κ3) is 3.59. The minimum Gasteiger partial charge on any atom is -0.399 e. The van der Waals surface area contributed by atoms with Gasteiger partial charge in [0.05, 0.1) is 10.6 Å². The highest BCUT2D eigenvalue weighted by Gasteiger charge is 2.19. The number of hydrogen-bond acceptors (Lipinski definition) is 3. The van der Waals surface area contributed by atoms with Crippen molar-refractivity contribution in [2.75, 3.05) is 5.73 Å². The van der Waals surface area contributed by atoms with Crippen LogP contribution >= 0.6 is 31.9 Å². The van der Waals surface area contributed by atoms with Crippen molar-refractivity contribution in [3.63, 3.8) is 0 Å². The molecule has 2 rings (SSSR count). The van der Waals surface area contributed by atoms with Gasteiger partial charge in [0.2, 0.25) is 0 Å². The number of hydrogen-bond donors (Lipinski definition) is 1. The second-order valence-corrected chi connectivity index (χ2v) is 7.95. The van der Waals surface area contributed by atoms with Crippen molar-refractivity contribution in [2.45, 2.75) is 10.6 Å². The van der Waals surface area contributed by atoms with Gasteiger partial charge in [-0.2, -0.15) is 0 Å². The van der Waals surface area contributed by atoms with E-state index in [9.17, 15) is 12.8 Å². The maximum atomic E-state index is 13.3. The van der Waals surface area contributed by atoms with Gasteiger partial charge in [-0.25, -0.2) is 12.8 Å². The Morgan fingerprint density at radius 1 is 1.10 bits per heavy atom. The molecule has 0 atom stereocenters. The average Bonchev–Trinajstić information content (AvgIpc) is 2.25. The first-order valence-corrected chi connectivity index (χ1v) is 8.74. The molecule has 0 heterocycles. The Morgan fingerprint density at radius 3 is 2.40 bits per heavy atom. The third-order valence-electron chi connectivity index (χ3n) is 2.57. The lowest BCUT2D eigenvalue weighted by atomic mass is 10.2. The normalized spacial score (nSPS) is 11.6. The summed E-state index contributed by atoms with van der Waals surface area (Å²) in [5.74, 6) is -0.771. The van der Waals surface area contributed by atoms with Crippen LogP contribution < -0.4 is 5.73 Å². The molecule has 2 N–H and O–H groups in total. The molecule has 0 aliphatic rings. The van der Waals surface area contributed by atoms with Gasteiger partial charge in [0.1, 0.15) is 5.82 Å². The topological polar surface area (TPSA) is 60.2 Å². The summed E-state index contributed by atoms with van der Waals surface area (Å²) in [5.41, 5.74) is 6.42. The molecule has 0 bridgehead atoms. The Labute approximate surface area is 133 Å². The van der Waals surface area contributed by atoms with Crippen LogP contribution in [0.5, 0.6) is 0 Å². The molecule has 2 aromatic rings. The monoisotopic (exact) mass is 421 g/mol. The van der Waals surface area contributed by atoms with E-state index in [1.807, 2.05) is 0 Å². The summed E-state index contributed by atoms with van der Waals surface area (Å²) in [6.07, 6.45) is 0. The molecule has 0 spiro atoms. The van der Waals surface area contributed by atoms with E-state index in [0.29, 0.717) is 20.2 Å². The first-order chi connectivity index (χ1) is 9.28. The molecule has 0 saturated heterocycles. The first kappa shape index (κ1) is 15.5. The Hall–Kier alpha value is -0.920. The van der Waals surface area contributed by atoms with Crippen molar-refractivity contribution in [3.05, 3.63) is 56.7 Å². The standard InChI is InChI=1S/C13H10Br2FNO2S/c14-9-3-8(4-10(16)5-9)7-20(18,19)13-2-1-11(17)6-12(13)15/h1-6H,7,17H2. The third-order valence-corrected chi connectivity index (χ3v) is 5.69. The first-order valence-electron chi connectivity index (χ1n) is 5.51. The summed E-state index contributed by atoms with van der Waals surface area (Å²) < 4.78 is 38.9. The lowest BCUT2D eigenvalue weighted by Crippen LogP contribution is -2.06. The van der Waals surface area contributed by atoms with Gasteiger partial charge in [0.25, 0.3) is 0 Å². The summed E-state index contributed by atoms with van der Waals surface area (Å²) in [4.78, 5) is 0.132. The van der Waals surface area contributed by atoms with Gasteiger partial charge >= 0.3 is 0 Å². The maximum Gasteiger partial charge on any atom is 0.183 e. The Balaban J connectivity index is 2.40. The van der Waals surface area contributed by atoms with E-state index in [1.54, 1.807) is 6.07 Å². The number of benzene rings is 2. The van der Waals surface area contributed by atoms with Crippen LogP contribution in [-0.2, 0) is 15.6 Å². The summed E-state index contributed by atoms with van der Waals surface area (Å²) >= 11 is 6.32. The van der Waals surface area contributed by atoms with Crippen molar-refractivity contribution in [3.8, 4) is 0 Å². The number of nitrogens with two attached hydrogens (primary N) is 1. The van der Waals surface area contributed by atoms with Crippen molar-refractivity contribution >= 4 is 47.4 Å². The second-order valence-electron chi connectivity index (χ2n) is 4.23. The molecular formula is C13H10Br2FNO2S. The Bertz CT molecular complexity index is 743. The molecule has 106 valence electrons. The fraction of sp³-hybridized carbons (Fsp3) is 0.0769. The zero-order valence-corrected chi connectivity index (χ0v) is 14.1. The van der Waals surface area contributed by atoms with Gasteiger partial charge in [-0.3, -0.25) is 0 Å². The fourth-order valence-electron chi connectivity index (χ4n) is 1.76. The summed E-state index contributed by atoms with van der Waals surface area (Å²) in [6.45, 7) is 0. The number of anilines is 1. The van der Waals surface area contributed by atoms with Crippen LogP contribution in [0.2, 0.25) is 0 Å². The van der Waals surface area contributed by atoms with Gasteiger partial charge in [-0.05, 0) is 57.9 Å². The fourth-order valence-corrected chi connectivity index (χ4v) is 4.80. The zero-order valence-electron chi connectivity index (χ0n) is 10.1. The lowest BCUT2D eigenvalue weighted by molar-refractivity contribution is 0.594. The molecule has 0 fully saturated rings. The van der Waals surface area contributed by atoms with Crippen molar-refractivity contribution in [1.82, 2.24) is 0 Å². The van der Waals surface area contributed by atoms with Crippen molar-refractivity contribution in [1.29, 1.82) is 0 Å². The molecule has 0 aliphatic carbocycles. The lowest BCUT2D eigenvalue weighted by Gasteiger charge is -2.08.